The Morgan fingerprint density at radius 3 is 2.67 bits per heavy atom. The fraction of sp³-hybridized carbons (Fsp3) is 0.0500. The Bertz CT molecular complexity index is 1100. The van der Waals surface area contributed by atoms with E-state index < -0.39 is 0 Å². The van der Waals surface area contributed by atoms with Crippen LogP contribution in [0.2, 0.25) is 5.02 Å². The van der Waals surface area contributed by atoms with E-state index in [1.807, 2.05) is 36.4 Å². The number of thiocarbonyl (C=S) groups is 1. The molecule has 134 valence electrons. The Labute approximate surface area is 166 Å². The fourth-order valence-corrected chi connectivity index (χ4v) is 3.43. The van der Waals surface area contributed by atoms with Crippen molar-refractivity contribution in [1.29, 1.82) is 0 Å². The molecule has 0 aliphatic carbocycles. The normalized spacial score (nSPS) is 15.5. The lowest BCUT2D eigenvalue weighted by atomic mass is 10.1. The van der Waals surface area contributed by atoms with E-state index in [1.54, 1.807) is 31.4 Å². The van der Waals surface area contributed by atoms with Gasteiger partial charge in [0, 0.05) is 5.39 Å². The number of carbonyl (C=O) groups is 1. The summed E-state index contributed by atoms with van der Waals surface area (Å²) in [6.45, 7) is 0. The van der Waals surface area contributed by atoms with Gasteiger partial charge >= 0.3 is 0 Å². The van der Waals surface area contributed by atoms with Gasteiger partial charge in [-0.3, -0.25) is 9.69 Å². The molecule has 2 aromatic carbocycles. The highest BCUT2D eigenvalue weighted by Crippen LogP contribution is 2.30. The van der Waals surface area contributed by atoms with E-state index in [4.69, 9.17) is 28.6 Å². The van der Waals surface area contributed by atoms with Crippen LogP contribution in [0.1, 0.15) is 5.69 Å². The van der Waals surface area contributed by atoms with Crippen molar-refractivity contribution in [3.05, 3.63) is 71.0 Å². The molecule has 0 bridgehead atoms. The average molecular weight is 396 g/mol. The molecule has 3 aromatic rings. The van der Waals surface area contributed by atoms with Crippen LogP contribution in [0.5, 0.6) is 5.75 Å². The summed E-state index contributed by atoms with van der Waals surface area (Å²) < 4.78 is 5.37. The van der Waals surface area contributed by atoms with Gasteiger partial charge in [-0.25, -0.2) is 4.98 Å². The van der Waals surface area contributed by atoms with E-state index in [1.165, 1.54) is 4.90 Å². The summed E-state index contributed by atoms with van der Waals surface area (Å²) >= 11 is 11.6. The van der Waals surface area contributed by atoms with Crippen molar-refractivity contribution < 1.29 is 9.53 Å². The van der Waals surface area contributed by atoms with Crippen LogP contribution in [-0.2, 0) is 4.79 Å². The molecule has 0 atom stereocenters. The number of pyridine rings is 1. The molecule has 1 aliphatic rings. The summed E-state index contributed by atoms with van der Waals surface area (Å²) in [7, 11) is 1.58. The number of fused-ring (bicyclic) bond motifs is 1. The first-order chi connectivity index (χ1) is 13.1. The summed E-state index contributed by atoms with van der Waals surface area (Å²) in [5.74, 6) is 0.382. The molecule has 27 heavy (non-hydrogen) atoms. The maximum Gasteiger partial charge on any atom is 0.281 e. The van der Waals surface area contributed by atoms with Gasteiger partial charge in [-0.2, -0.15) is 0 Å². The minimum Gasteiger partial charge on any atom is -0.494 e. The van der Waals surface area contributed by atoms with Crippen LogP contribution in [0.3, 0.4) is 0 Å². The van der Waals surface area contributed by atoms with Crippen molar-refractivity contribution in [2.75, 3.05) is 12.0 Å². The van der Waals surface area contributed by atoms with Gasteiger partial charge in [-0.1, -0.05) is 29.8 Å². The highest BCUT2D eigenvalue weighted by atomic mass is 35.5. The summed E-state index contributed by atoms with van der Waals surface area (Å²) in [6.07, 6.45) is 1.66. The largest absolute Gasteiger partial charge is 0.494 e. The second kappa shape index (κ2) is 6.98. The number of rotatable bonds is 3. The first-order valence-corrected chi connectivity index (χ1v) is 8.92. The first kappa shape index (κ1) is 17.5. The summed E-state index contributed by atoms with van der Waals surface area (Å²) in [6, 6.07) is 16.4. The summed E-state index contributed by atoms with van der Waals surface area (Å²) in [4.78, 5) is 18.8. The second-order valence-electron chi connectivity index (χ2n) is 5.85. The Morgan fingerprint density at radius 1 is 1.15 bits per heavy atom. The van der Waals surface area contributed by atoms with E-state index in [0.717, 1.165) is 5.39 Å². The van der Waals surface area contributed by atoms with E-state index in [9.17, 15) is 4.79 Å². The number of nitrogens with zero attached hydrogens (tertiary/aromatic N) is 2. The fourth-order valence-electron chi connectivity index (χ4n) is 2.91. The number of halogens is 1. The van der Waals surface area contributed by atoms with Crippen molar-refractivity contribution in [2.24, 2.45) is 0 Å². The number of anilines is 1. The molecule has 1 N–H and O–H groups in total. The molecule has 5 nitrogen and oxygen atoms in total. The zero-order valence-electron chi connectivity index (χ0n) is 14.3. The van der Waals surface area contributed by atoms with Gasteiger partial charge in [0.05, 0.1) is 23.5 Å². The predicted octanol–water partition coefficient (Wildman–Crippen LogP) is 4.16. The molecule has 1 aliphatic heterocycles. The third-order valence-electron chi connectivity index (χ3n) is 4.19. The van der Waals surface area contributed by atoms with Gasteiger partial charge < -0.3 is 10.1 Å². The molecular weight excluding hydrogens is 382 g/mol. The van der Waals surface area contributed by atoms with Crippen LogP contribution in [-0.4, -0.2) is 23.1 Å². The van der Waals surface area contributed by atoms with Crippen molar-refractivity contribution in [3.8, 4) is 5.75 Å². The van der Waals surface area contributed by atoms with Gasteiger partial charge in [0.25, 0.3) is 5.91 Å². The lowest BCUT2D eigenvalue weighted by Gasteiger charge is -2.13. The molecule has 0 spiro atoms. The summed E-state index contributed by atoms with van der Waals surface area (Å²) in [5.41, 5.74) is 2.30. The maximum absolute atomic E-state index is 12.8. The number of benzene rings is 2. The van der Waals surface area contributed by atoms with Crippen LogP contribution in [0, 0.1) is 0 Å². The van der Waals surface area contributed by atoms with Crippen molar-refractivity contribution >= 4 is 57.5 Å². The zero-order valence-corrected chi connectivity index (χ0v) is 15.8. The Morgan fingerprint density at radius 2 is 1.93 bits per heavy atom. The monoisotopic (exact) mass is 395 g/mol. The highest BCUT2D eigenvalue weighted by molar-refractivity contribution is 7.80. The van der Waals surface area contributed by atoms with Crippen molar-refractivity contribution in [2.45, 2.75) is 0 Å². The van der Waals surface area contributed by atoms with E-state index in [-0.39, 0.29) is 5.91 Å². The van der Waals surface area contributed by atoms with E-state index >= 15 is 0 Å². The number of methoxy groups -OCH3 is 1. The van der Waals surface area contributed by atoms with Gasteiger partial charge in [0.2, 0.25) is 0 Å². The van der Waals surface area contributed by atoms with Gasteiger partial charge in [0.1, 0.15) is 17.0 Å². The van der Waals surface area contributed by atoms with Crippen LogP contribution >= 0.6 is 23.8 Å². The third kappa shape index (κ3) is 3.13. The Hall–Kier alpha value is -2.96. The van der Waals surface area contributed by atoms with Crippen molar-refractivity contribution in [3.63, 3.8) is 0 Å². The van der Waals surface area contributed by atoms with Crippen molar-refractivity contribution in [1.82, 2.24) is 10.3 Å². The number of hydrogen-bond acceptors (Lipinski definition) is 4. The standard InChI is InChI=1S/C20H14ClN3O2S/c1-26-17-10-9-15(21)14-8-7-12(22-18(14)17)11-16-19(25)24(20(27)23-16)13-5-3-2-4-6-13/h2-11H,1H3,(H,23,27). The number of ether oxygens (including phenoxy) is 1. The average Bonchev–Trinajstić information content (AvgIpc) is 2.96. The minimum absolute atomic E-state index is 0.230. The summed E-state index contributed by atoms with van der Waals surface area (Å²) in [5, 5.41) is 4.66. The van der Waals surface area contributed by atoms with Crippen LogP contribution in [0.15, 0.2) is 60.3 Å². The molecule has 0 saturated carbocycles. The number of hydrogen-bond donors (Lipinski definition) is 1. The molecule has 4 rings (SSSR count). The molecule has 0 radical (unpaired) electrons. The quantitative estimate of drug-likeness (QED) is 0.533. The number of amides is 1. The van der Waals surface area contributed by atoms with E-state index in [2.05, 4.69) is 10.3 Å². The smallest absolute Gasteiger partial charge is 0.281 e. The van der Waals surface area contributed by atoms with Gasteiger partial charge in [-0.05, 0) is 54.7 Å². The minimum atomic E-state index is -0.230. The van der Waals surface area contributed by atoms with Crippen LogP contribution < -0.4 is 15.0 Å². The van der Waals surface area contributed by atoms with Crippen LogP contribution in [0.25, 0.3) is 17.0 Å². The zero-order chi connectivity index (χ0) is 19.0. The Balaban J connectivity index is 1.74. The number of para-hydroxylation sites is 1. The molecule has 1 saturated heterocycles. The molecule has 0 unspecified atom stereocenters. The number of carbonyl (C=O) groups excluding carboxylic acids is 1. The molecule has 1 aromatic heterocycles. The highest BCUT2D eigenvalue weighted by Gasteiger charge is 2.31. The lowest BCUT2D eigenvalue weighted by molar-refractivity contribution is -0.113. The second-order valence-corrected chi connectivity index (χ2v) is 6.64. The maximum atomic E-state index is 12.8. The SMILES string of the molecule is COc1ccc(Cl)c2ccc(C=C3NC(=S)N(c4ccccc4)C3=O)nc12. The first-order valence-electron chi connectivity index (χ1n) is 8.14. The Kier molecular flexibility index (Phi) is 4.51. The lowest BCUT2D eigenvalue weighted by Crippen LogP contribution is -2.30. The molecule has 1 amide bonds. The van der Waals surface area contributed by atoms with Gasteiger partial charge in [0.15, 0.2) is 5.11 Å². The van der Waals surface area contributed by atoms with Gasteiger partial charge in [-0.15, -0.1) is 0 Å². The van der Waals surface area contributed by atoms with E-state index in [0.29, 0.717) is 38.5 Å². The van der Waals surface area contributed by atoms with Crippen LogP contribution in [0.4, 0.5) is 5.69 Å². The molecular formula is C20H14ClN3O2S. The molecule has 7 heteroatoms. The third-order valence-corrected chi connectivity index (χ3v) is 4.81. The molecule has 1 fully saturated rings. The predicted molar refractivity (Wildman–Crippen MR) is 111 cm³/mol. The number of aromatic nitrogens is 1. The molecule has 2 heterocycles. The number of nitrogens with one attached hydrogen (secondary N) is 1. The topological polar surface area (TPSA) is 54.5 Å².